The Morgan fingerprint density at radius 2 is 1.79 bits per heavy atom. The molecule has 0 spiro atoms. The molecule has 1 aliphatic heterocycles. The second kappa shape index (κ2) is 7.86. The number of carbonyl (C=O) groups is 1. The van der Waals surface area contributed by atoms with Crippen molar-refractivity contribution in [1.29, 1.82) is 0 Å². The van der Waals surface area contributed by atoms with Crippen molar-refractivity contribution in [3.05, 3.63) is 53.6 Å². The molecule has 1 fully saturated rings. The number of halogens is 1. The van der Waals surface area contributed by atoms with Gasteiger partial charge in [0.15, 0.2) is 0 Å². The van der Waals surface area contributed by atoms with Crippen LogP contribution in [-0.2, 0) is 6.54 Å². The van der Waals surface area contributed by atoms with E-state index >= 15 is 0 Å². The topological polar surface area (TPSA) is 58.1 Å². The molecule has 2 heterocycles. The van der Waals surface area contributed by atoms with Crippen molar-refractivity contribution in [2.24, 2.45) is 0 Å². The van der Waals surface area contributed by atoms with Crippen LogP contribution in [0.5, 0.6) is 0 Å². The second-order valence-electron chi connectivity index (χ2n) is 5.95. The summed E-state index contributed by atoms with van der Waals surface area (Å²) >= 11 is 0. The molecule has 0 atom stereocenters. The first-order chi connectivity index (χ1) is 11.7. The maximum Gasteiger partial charge on any atom is 0.270 e. The third-order valence-corrected chi connectivity index (χ3v) is 4.13. The maximum atomic E-state index is 12.9. The largest absolute Gasteiger partial charge is 0.347 e. The van der Waals surface area contributed by atoms with Crippen LogP contribution in [0.3, 0.4) is 0 Å². The maximum absolute atomic E-state index is 12.9. The highest BCUT2D eigenvalue weighted by Crippen LogP contribution is 2.15. The van der Waals surface area contributed by atoms with E-state index < -0.39 is 0 Å². The Balaban J connectivity index is 1.64. The summed E-state index contributed by atoms with van der Waals surface area (Å²) in [5.41, 5.74) is 1.19. The molecule has 24 heavy (non-hydrogen) atoms. The summed E-state index contributed by atoms with van der Waals surface area (Å²) in [5, 5.41) is 2.81. The van der Waals surface area contributed by atoms with Crippen LogP contribution in [0.4, 0.5) is 10.3 Å². The number of nitrogens with zero attached hydrogens (tertiary/aromatic N) is 3. The molecule has 1 aromatic carbocycles. The molecule has 1 amide bonds. The van der Waals surface area contributed by atoms with E-state index in [0.717, 1.165) is 31.5 Å². The van der Waals surface area contributed by atoms with E-state index in [1.165, 1.54) is 25.0 Å². The minimum atomic E-state index is -0.289. The number of amides is 1. The van der Waals surface area contributed by atoms with Crippen LogP contribution in [0.1, 0.15) is 41.7 Å². The van der Waals surface area contributed by atoms with Crippen molar-refractivity contribution in [3.63, 3.8) is 0 Å². The molecule has 1 aliphatic rings. The molecule has 0 unspecified atom stereocenters. The van der Waals surface area contributed by atoms with Gasteiger partial charge in [0.1, 0.15) is 11.5 Å². The van der Waals surface area contributed by atoms with E-state index in [0.29, 0.717) is 18.2 Å². The lowest BCUT2D eigenvalue weighted by Crippen LogP contribution is -2.28. The van der Waals surface area contributed by atoms with Gasteiger partial charge in [0.25, 0.3) is 5.91 Å². The molecule has 0 bridgehead atoms. The highest BCUT2D eigenvalue weighted by molar-refractivity contribution is 5.92. The van der Waals surface area contributed by atoms with Gasteiger partial charge >= 0.3 is 0 Å². The predicted octanol–water partition coefficient (Wildman–Crippen LogP) is 2.93. The van der Waals surface area contributed by atoms with Crippen molar-refractivity contribution in [2.45, 2.75) is 32.2 Å². The van der Waals surface area contributed by atoms with Gasteiger partial charge in [-0.15, -0.1) is 0 Å². The quantitative estimate of drug-likeness (QED) is 0.937. The Hall–Kier alpha value is -2.50. The van der Waals surface area contributed by atoms with Gasteiger partial charge in [-0.25, -0.2) is 14.4 Å². The average molecular weight is 328 g/mol. The Labute approximate surface area is 140 Å². The van der Waals surface area contributed by atoms with Gasteiger partial charge in [-0.05, 0) is 36.6 Å². The molecule has 5 nitrogen and oxygen atoms in total. The third kappa shape index (κ3) is 4.28. The van der Waals surface area contributed by atoms with Crippen LogP contribution in [0.25, 0.3) is 0 Å². The molecule has 126 valence electrons. The lowest BCUT2D eigenvalue weighted by molar-refractivity contribution is 0.0946. The summed E-state index contributed by atoms with van der Waals surface area (Å²) in [6.07, 6.45) is 6.34. The summed E-state index contributed by atoms with van der Waals surface area (Å²) in [7, 11) is 0. The van der Waals surface area contributed by atoms with E-state index in [1.807, 2.05) is 0 Å². The van der Waals surface area contributed by atoms with Crippen molar-refractivity contribution < 1.29 is 9.18 Å². The smallest absolute Gasteiger partial charge is 0.270 e. The summed E-state index contributed by atoms with van der Waals surface area (Å²) in [4.78, 5) is 23.2. The monoisotopic (exact) mass is 328 g/mol. The Morgan fingerprint density at radius 3 is 2.50 bits per heavy atom. The molecule has 2 aromatic rings. The zero-order chi connectivity index (χ0) is 16.8. The summed E-state index contributed by atoms with van der Waals surface area (Å²) in [5.74, 6) is 0.0760. The molecule has 0 aliphatic carbocycles. The van der Waals surface area contributed by atoms with Crippen molar-refractivity contribution in [1.82, 2.24) is 15.3 Å². The summed E-state index contributed by atoms with van der Waals surface area (Å²) in [6.45, 7) is 2.20. The first-order valence-corrected chi connectivity index (χ1v) is 8.33. The zero-order valence-corrected chi connectivity index (χ0v) is 13.5. The van der Waals surface area contributed by atoms with Crippen LogP contribution >= 0.6 is 0 Å². The number of aromatic nitrogens is 2. The van der Waals surface area contributed by atoms with E-state index in [1.54, 1.807) is 24.4 Å². The average Bonchev–Trinajstić information content (AvgIpc) is 2.90. The first-order valence-electron chi connectivity index (χ1n) is 8.33. The molecule has 3 rings (SSSR count). The molecule has 0 saturated carbocycles. The van der Waals surface area contributed by atoms with Crippen molar-refractivity contribution in [2.75, 3.05) is 18.0 Å². The zero-order valence-electron chi connectivity index (χ0n) is 13.5. The lowest BCUT2D eigenvalue weighted by atomic mass is 10.2. The first kappa shape index (κ1) is 16.4. The second-order valence-corrected chi connectivity index (χ2v) is 5.95. The van der Waals surface area contributed by atoms with Crippen molar-refractivity contribution >= 4 is 11.9 Å². The highest BCUT2D eigenvalue weighted by Gasteiger charge is 2.15. The van der Waals surface area contributed by atoms with E-state index in [9.17, 15) is 9.18 Å². The van der Waals surface area contributed by atoms with Gasteiger partial charge in [-0.3, -0.25) is 4.79 Å². The molecule has 6 heteroatoms. The Bertz CT molecular complexity index is 682. The molecule has 1 aromatic heterocycles. The molecular weight excluding hydrogens is 307 g/mol. The number of nitrogens with one attached hydrogen (secondary N) is 1. The fraction of sp³-hybridized carbons (Fsp3) is 0.389. The highest BCUT2D eigenvalue weighted by atomic mass is 19.1. The SMILES string of the molecule is O=C(NCc1ccc(F)cc1)c1ccnc(N2CCCCCC2)n1. The molecule has 1 saturated heterocycles. The molecule has 0 radical (unpaired) electrons. The number of carbonyl (C=O) groups excluding carboxylic acids is 1. The number of anilines is 1. The van der Waals surface area contributed by atoms with Crippen LogP contribution in [-0.4, -0.2) is 29.0 Å². The normalized spacial score (nSPS) is 15.0. The fourth-order valence-corrected chi connectivity index (χ4v) is 2.77. The summed E-state index contributed by atoms with van der Waals surface area (Å²) in [6, 6.07) is 7.67. The lowest BCUT2D eigenvalue weighted by Gasteiger charge is -2.20. The van der Waals surface area contributed by atoms with Crippen LogP contribution in [0.15, 0.2) is 36.5 Å². The van der Waals surface area contributed by atoms with E-state index in [2.05, 4.69) is 20.2 Å². The van der Waals surface area contributed by atoms with E-state index in [-0.39, 0.29) is 11.7 Å². The van der Waals surface area contributed by atoms with Crippen LogP contribution in [0.2, 0.25) is 0 Å². The van der Waals surface area contributed by atoms with Crippen LogP contribution in [0, 0.1) is 5.82 Å². The number of hydrogen-bond donors (Lipinski definition) is 1. The Morgan fingerprint density at radius 1 is 1.08 bits per heavy atom. The minimum absolute atomic E-state index is 0.252. The van der Waals surface area contributed by atoms with Crippen molar-refractivity contribution in [3.8, 4) is 0 Å². The van der Waals surface area contributed by atoms with Gasteiger partial charge in [0, 0.05) is 25.8 Å². The van der Waals surface area contributed by atoms with Gasteiger partial charge in [0.2, 0.25) is 5.95 Å². The van der Waals surface area contributed by atoms with Gasteiger partial charge < -0.3 is 10.2 Å². The fourth-order valence-electron chi connectivity index (χ4n) is 2.77. The van der Waals surface area contributed by atoms with Gasteiger partial charge in [0.05, 0.1) is 0 Å². The standard InChI is InChI=1S/C18H21FN4O/c19-15-7-5-14(6-8-15)13-21-17(24)16-9-10-20-18(22-16)23-11-3-1-2-4-12-23/h5-10H,1-4,11-13H2,(H,21,24). The number of rotatable bonds is 4. The summed E-state index contributed by atoms with van der Waals surface area (Å²) < 4.78 is 12.9. The minimum Gasteiger partial charge on any atom is -0.347 e. The number of benzene rings is 1. The predicted molar refractivity (Wildman–Crippen MR) is 90.3 cm³/mol. The van der Waals surface area contributed by atoms with Gasteiger partial charge in [-0.1, -0.05) is 25.0 Å². The van der Waals surface area contributed by atoms with Crippen LogP contribution < -0.4 is 10.2 Å². The van der Waals surface area contributed by atoms with E-state index in [4.69, 9.17) is 0 Å². The number of hydrogen-bond acceptors (Lipinski definition) is 4. The Kier molecular flexibility index (Phi) is 5.36. The van der Waals surface area contributed by atoms with Gasteiger partial charge in [-0.2, -0.15) is 0 Å². The molecular formula is C18H21FN4O. The third-order valence-electron chi connectivity index (χ3n) is 4.13. The molecule has 1 N–H and O–H groups in total.